The van der Waals surface area contributed by atoms with Crippen molar-refractivity contribution >= 4 is 10.0 Å². The van der Waals surface area contributed by atoms with Gasteiger partial charge < -0.3 is 10.7 Å². The zero-order chi connectivity index (χ0) is 12.2. The van der Waals surface area contributed by atoms with Gasteiger partial charge in [-0.2, -0.15) is 0 Å². The predicted octanol–water partition coefficient (Wildman–Crippen LogP) is -0.0123. The van der Waals surface area contributed by atoms with Crippen molar-refractivity contribution in [3.8, 4) is 0 Å². The van der Waals surface area contributed by atoms with E-state index < -0.39 is 10.0 Å². The summed E-state index contributed by atoms with van der Waals surface area (Å²) >= 11 is 0. The molecule has 1 atom stereocenters. The Bertz CT molecular complexity index is 426. The van der Waals surface area contributed by atoms with Crippen molar-refractivity contribution < 1.29 is 8.42 Å². The van der Waals surface area contributed by atoms with Crippen LogP contribution in [0.25, 0.3) is 0 Å². The number of nitrogens with two attached hydrogens (primary N) is 1. The summed E-state index contributed by atoms with van der Waals surface area (Å²) in [5.41, 5.74) is 5.36. The molecule has 0 saturated carbocycles. The third-order valence-electron chi connectivity index (χ3n) is 2.19. The Labute approximate surface area is 95.7 Å². The minimum absolute atomic E-state index is 0.105. The maximum Gasteiger partial charge on any atom is 0.257 e. The molecule has 4 N–H and O–H groups in total. The molecule has 0 amide bonds. The Morgan fingerprint density at radius 2 is 2.31 bits per heavy atom. The minimum Gasteiger partial charge on any atom is -0.332 e. The molecule has 0 radical (unpaired) electrons. The van der Waals surface area contributed by atoms with Gasteiger partial charge in [0.1, 0.15) is 5.82 Å². The van der Waals surface area contributed by atoms with Crippen LogP contribution in [0, 0.1) is 0 Å². The van der Waals surface area contributed by atoms with Crippen LogP contribution in [0.3, 0.4) is 0 Å². The van der Waals surface area contributed by atoms with E-state index in [0.29, 0.717) is 25.2 Å². The van der Waals surface area contributed by atoms with Gasteiger partial charge in [-0.25, -0.2) is 18.1 Å². The number of hydrogen-bond acceptors (Lipinski definition) is 4. The van der Waals surface area contributed by atoms with Crippen molar-refractivity contribution in [2.75, 3.05) is 6.54 Å². The fourth-order valence-corrected chi connectivity index (χ4v) is 2.52. The van der Waals surface area contributed by atoms with Crippen molar-refractivity contribution in [3.63, 3.8) is 0 Å². The zero-order valence-electron chi connectivity index (χ0n) is 9.53. The highest BCUT2D eigenvalue weighted by Gasteiger charge is 2.19. The van der Waals surface area contributed by atoms with Crippen molar-refractivity contribution in [2.45, 2.75) is 37.8 Å². The quantitative estimate of drug-likeness (QED) is 0.657. The Hall–Kier alpha value is -0.920. The molecule has 0 aromatic carbocycles. The van der Waals surface area contributed by atoms with Crippen LogP contribution < -0.4 is 10.5 Å². The van der Waals surface area contributed by atoms with E-state index in [1.54, 1.807) is 6.92 Å². The lowest BCUT2D eigenvalue weighted by atomic mass is 10.3. The molecule has 1 rings (SSSR count). The zero-order valence-corrected chi connectivity index (χ0v) is 10.3. The van der Waals surface area contributed by atoms with E-state index in [4.69, 9.17) is 5.73 Å². The lowest BCUT2D eigenvalue weighted by Crippen LogP contribution is -2.34. The molecular weight excluding hydrogens is 228 g/mol. The number of aromatic nitrogens is 2. The molecule has 0 spiro atoms. The molecule has 0 fully saturated rings. The summed E-state index contributed by atoms with van der Waals surface area (Å²) in [6, 6.07) is -0.177. The number of rotatable bonds is 6. The first kappa shape index (κ1) is 13.1. The molecule has 0 saturated heterocycles. The van der Waals surface area contributed by atoms with Crippen LogP contribution in [0.4, 0.5) is 0 Å². The Morgan fingerprint density at radius 1 is 1.62 bits per heavy atom. The lowest BCUT2D eigenvalue weighted by molar-refractivity contribution is 0.547. The van der Waals surface area contributed by atoms with Gasteiger partial charge in [0.2, 0.25) is 0 Å². The molecule has 1 aromatic rings. The van der Waals surface area contributed by atoms with Crippen molar-refractivity contribution in [3.05, 3.63) is 12.0 Å². The van der Waals surface area contributed by atoms with Gasteiger partial charge in [0.25, 0.3) is 10.0 Å². The Kier molecular flexibility index (Phi) is 4.45. The van der Waals surface area contributed by atoms with Gasteiger partial charge in [-0.05, 0) is 19.9 Å². The molecule has 0 aliphatic heterocycles. The van der Waals surface area contributed by atoms with Crippen molar-refractivity contribution in [1.29, 1.82) is 0 Å². The van der Waals surface area contributed by atoms with Crippen molar-refractivity contribution in [1.82, 2.24) is 14.7 Å². The topological polar surface area (TPSA) is 101 Å². The van der Waals surface area contributed by atoms with Gasteiger partial charge in [0, 0.05) is 12.5 Å². The maximum absolute atomic E-state index is 11.8. The monoisotopic (exact) mass is 246 g/mol. The summed E-state index contributed by atoms with van der Waals surface area (Å²) in [6.07, 6.45) is 2.61. The van der Waals surface area contributed by atoms with Gasteiger partial charge in [-0.1, -0.05) is 6.92 Å². The maximum atomic E-state index is 11.8. The molecule has 16 heavy (non-hydrogen) atoms. The van der Waals surface area contributed by atoms with E-state index >= 15 is 0 Å². The van der Waals surface area contributed by atoms with Gasteiger partial charge >= 0.3 is 0 Å². The second kappa shape index (κ2) is 5.42. The molecule has 7 heteroatoms. The van der Waals surface area contributed by atoms with E-state index in [9.17, 15) is 8.42 Å². The van der Waals surface area contributed by atoms with E-state index in [2.05, 4.69) is 14.7 Å². The van der Waals surface area contributed by atoms with Crippen LogP contribution in [0.15, 0.2) is 11.2 Å². The molecule has 1 heterocycles. The summed E-state index contributed by atoms with van der Waals surface area (Å²) in [5, 5.41) is 0.105. The van der Waals surface area contributed by atoms with Gasteiger partial charge in [0.05, 0.1) is 6.20 Å². The third-order valence-corrected chi connectivity index (χ3v) is 3.68. The summed E-state index contributed by atoms with van der Waals surface area (Å²) < 4.78 is 26.2. The first-order valence-electron chi connectivity index (χ1n) is 5.26. The number of nitrogens with one attached hydrogen (secondary N) is 2. The van der Waals surface area contributed by atoms with Gasteiger partial charge in [0.15, 0.2) is 5.03 Å². The first-order chi connectivity index (χ1) is 7.49. The standard InChI is InChI=1S/C9H18N4O2S/c1-3-8-11-6-9(12-8)16(14,15)13-7(2)4-5-10/h6-7,13H,3-5,10H2,1-2H3,(H,11,12). The number of imidazole rings is 1. The normalized spacial score (nSPS) is 13.9. The van der Waals surface area contributed by atoms with Gasteiger partial charge in [-0.15, -0.1) is 0 Å². The smallest absolute Gasteiger partial charge is 0.257 e. The minimum atomic E-state index is -3.49. The predicted molar refractivity (Wildman–Crippen MR) is 61.4 cm³/mol. The molecule has 1 aromatic heterocycles. The number of aryl methyl sites for hydroxylation is 1. The van der Waals surface area contributed by atoms with Crippen LogP contribution >= 0.6 is 0 Å². The van der Waals surface area contributed by atoms with E-state index in [1.165, 1.54) is 6.20 Å². The highest BCUT2D eigenvalue weighted by molar-refractivity contribution is 7.89. The van der Waals surface area contributed by atoms with E-state index in [0.717, 1.165) is 0 Å². The third kappa shape index (κ3) is 3.29. The fraction of sp³-hybridized carbons (Fsp3) is 0.667. The van der Waals surface area contributed by atoms with E-state index in [-0.39, 0.29) is 11.1 Å². The van der Waals surface area contributed by atoms with Crippen LogP contribution in [0.2, 0.25) is 0 Å². The Morgan fingerprint density at radius 3 is 2.81 bits per heavy atom. The second-order valence-electron chi connectivity index (χ2n) is 3.65. The molecule has 0 aliphatic carbocycles. The van der Waals surface area contributed by atoms with Crippen LogP contribution in [-0.4, -0.2) is 31.0 Å². The number of sulfonamides is 1. The van der Waals surface area contributed by atoms with Gasteiger partial charge in [-0.3, -0.25) is 0 Å². The molecular formula is C9H18N4O2S. The molecule has 6 nitrogen and oxygen atoms in total. The average Bonchev–Trinajstić information content (AvgIpc) is 2.65. The summed E-state index contributed by atoms with van der Waals surface area (Å²) in [6.45, 7) is 4.13. The van der Waals surface area contributed by atoms with Crippen LogP contribution in [0.1, 0.15) is 26.1 Å². The lowest BCUT2D eigenvalue weighted by Gasteiger charge is -2.11. The number of aromatic amines is 1. The van der Waals surface area contributed by atoms with E-state index in [1.807, 2.05) is 6.92 Å². The molecule has 0 aliphatic rings. The number of hydrogen-bond donors (Lipinski definition) is 3. The second-order valence-corrected chi connectivity index (χ2v) is 5.33. The summed E-state index contributed by atoms with van der Waals surface area (Å²) in [5.74, 6) is 0.659. The molecule has 92 valence electrons. The largest absolute Gasteiger partial charge is 0.332 e. The van der Waals surface area contributed by atoms with Crippen LogP contribution in [0.5, 0.6) is 0 Å². The number of H-pyrrole nitrogens is 1. The summed E-state index contributed by atoms with van der Waals surface area (Å²) in [7, 11) is -3.49. The first-order valence-corrected chi connectivity index (χ1v) is 6.74. The van der Waals surface area contributed by atoms with Crippen LogP contribution in [-0.2, 0) is 16.4 Å². The van der Waals surface area contributed by atoms with Crippen molar-refractivity contribution in [2.24, 2.45) is 5.73 Å². The SMILES string of the molecule is CCc1ncc(S(=O)(=O)NC(C)CCN)[nH]1. The summed E-state index contributed by atoms with van der Waals surface area (Å²) in [4.78, 5) is 6.71. The molecule has 0 bridgehead atoms. The Balaban J connectivity index is 2.77. The highest BCUT2D eigenvalue weighted by Crippen LogP contribution is 2.07. The number of nitrogens with zero attached hydrogens (tertiary/aromatic N) is 1. The average molecular weight is 246 g/mol. The molecule has 1 unspecified atom stereocenters. The fourth-order valence-electron chi connectivity index (χ4n) is 1.30. The highest BCUT2D eigenvalue weighted by atomic mass is 32.2.